The van der Waals surface area contributed by atoms with Gasteiger partial charge in [0.2, 0.25) is 10.0 Å². The molecule has 3 aromatic rings. The quantitative estimate of drug-likeness (QED) is 0.695. The molecular formula is C20H21N3O3S. The summed E-state index contributed by atoms with van der Waals surface area (Å²) in [5.41, 5.74) is 3.16. The number of aromatic nitrogens is 2. The van der Waals surface area contributed by atoms with Crippen LogP contribution in [0.5, 0.6) is 5.75 Å². The van der Waals surface area contributed by atoms with Crippen LogP contribution in [0.1, 0.15) is 22.6 Å². The molecule has 2 heterocycles. The van der Waals surface area contributed by atoms with Crippen LogP contribution in [0, 0.1) is 0 Å². The number of rotatable bonds is 4. The molecule has 1 aromatic heterocycles. The van der Waals surface area contributed by atoms with Gasteiger partial charge < -0.3 is 4.74 Å². The van der Waals surface area contributed by atoms with E-state index in [0.29, 0.717) is 18.8 Å². The molecule has 7 heteroatoms. The number of aryl methyl sites for hydroxylation is 1. The Morgan fingerprint density at radius 3 is 2.59 bits per heavy atom. The number of nitrogens with zero attached hydrogens (tertiary/aromatic N) is 3. The Hall–Kier alpha value is -2.64. The monoisotopic (exact) mass is 383 g/mol. The van der Waals surface area contributed by atoms with Crippen molar-refractivity contribution in [3.63, 3.8) is 0 Å². The van der Waals surface area contributed by atoms with Crippen molar-refractivity contribution < 1.29 is 13.2 Å². The van der Waals surface area contributed by atoms with Gasteiger partial charge in [0, 0.05) is 32.3 Å². The first-order valence-corrected chi connectivity index (χ1v) is 10.1. The number of methoxy groups -OCH3 is 1. The van der Waals surface area contributed by atoms with Crippen LogP contribution >= 0.6 is 0 Å². The molecule has 0 spiro atoms. The summed E-state index contributed by atoms with van der Waals surface area (Å²) in [6.07, 6.45) is 3.75. The van der Waals surface area contributed by atoms with E-state index in [4.69, 9.17) is 4.74 Å². The molecule has 0 amide bonds. The second-order valence-electron chi connectivity index (χ2n) is 6.65. The van der Waals surface area contributed by atoms with E-state index in [1.54, 1.807) is 35.1 Å². The van der Waals surface area contributed by atoms with Crippen molar-refractivity contribution in [1.82, 2.24) is 14.1 Å². The van der Waals surface area contributed by atoms with Crippen molar-refractivity contribution in [1.29, 1.82) is 0 Å². The molecule has 2 aromatic carbocycles. The zero-order chi connectivity index (χ0) is 19.0. The molecule has 1 aliphatic rings. The summed E-state index contributed by atoms with van der Waals surface area (Å²) < 4.78 is 35.3. The predicted molar refractivity (Wildman–Crippen MR) is 102 cm³/mol. The Morgan fingerprint density at radius 2 is 1.85 bits per heavy atom. The lowest BCUT2D eigenvalue weighted by Gasteiger charge is -2.33. The second-order valence-corrected chi connectivity index (χ2v) is 8.55. The van der Waals surface area contributed by atoms with Gasteiger partial charge in [0.25, 0.3) is 0 Å². The highest BCUT2D eigenvalue weighted by Crippen LogP contribution is 2.37. The molecular weight excluding hydrogens is 362 g/mol. The lowest BCUT2D eigenvalue weighted by Crippen LogP contribution is -2.38. The highest BCUT2D eigenvalue weighted by Gasteiger charge is 2.35. The summed E-state index contributed by atoms with van der Waals surface area (Å²) in [6, 6.07) is 14.7. The number of hydrogen-bond donors (Lipinski definition) is 0. The van der Waals surface area contributed by atoms with E-state index >= 15 is 0 Å². The minimum Gasteiger partial charge on any atom is -0.495 e. The molecule has 1 aliphatic heterocycles. The SMILES string of the molecule is COc1ccccc1S(=O)(=O)N1Cc2ccccc2C(c2cnn(C)c2)C1. The highest BCUT2D eigenvalue weighted by atomic mass is 32.2. The summed E-state index contributed by atoms with van der Waals surface area (Å²) >= 11 is 0. The van der Waals surface area contributed by atoms with Crippen LogP contribution in [-0.2, 0) is 23.6 Å². The Morgan fingerprint density at radius 1 is 1.11 bits per heavy atom. The van der Waals surface area contributed by atoms with Crippen molar-refractivity contribution in [2.75, 3.05) is 13.7 Å². The van der Waals surface area contributed by atoms with Gasteiger partial charge in [0.05, 0.1) is 13.3 Å². The van der Waals surface area contributed by atoms with E-state index in [-0.39, 0.29) is 10.8 Å². The molecule has 0 saturated heterocycles. The molecule has 0 saturated carbocycles. The zero-order valence-corrected chi connectivity index (χ0v) is 16.1. The fraction of sp³-hybridized carbons (Fsp3) is 0.250. The molecule has 0 bridgehead atoms. The van der Waals surface area contributed by atoms with Gasteiger partial charge in [-0.3, -0.25) is 4.68 Å². The van der Waals surface area contributed by atoms with Gasteiger partial charge in [-0.15, -0.1) is 0 Å². The predicted octanol–water partition coefficient (Wildman–Crippen LogP) is 2.77. The number of hydrogen-bond acceptors (Lipinski definition) is 4. The van der Waals surface area contributed by atoms with Crippen LogP contribution in [0.2, 0.25) is 0 Å². The van der Waals surface area contributed by atoms with Crippen molar-refractivity contribution in [2.24, 2.45) is 7.05 Å². The molecule has 1 atom stereocenters. The number of sulfonamides is 1. The lowest BCUT2D eigenvalue weighted by atomic mass is 9.87. The van der Waals surface area contributed by atoms with E-state index in [1.165, 1.54) is 11.4 Å². The first kappa shape index (κ1) is 17.8. The molecule has 0 N–H and O–H groups in total. The van der Waals surface area contributed by atoms with E-state index in [2.05, 4.69) is 11.2 Å². The van der Waals surface area contributed by atoms with Gasteiger partial charge in [-0.1, -0.05) is 36.4 Å². The standard InChI is InChI=1S/C20H21N3O3S/c1-22-12-16(11-21-22)18-14-23(13-15-7-3-4-8-17(15)18)27(24,25)20-10-6-5-9-19(20)26-2/h3-12,18H,13-14H2,1-2H3. The zero-order valence-electron chi connectivity index (χ0n) is 15.2. The molecule has 0 aliphatic carbocycles. The minimum atomic E-state index is -3.70. The molecule has 0 fully saturated rings. The highest BCUT2D eigenvalue weighted by molar-refractivity contribution is 7.89. The minimum absolute atomic E-state index is 0.0619. The van der Waals surface area contributed by atoms with Crippen molar-refractivity contribution >= 4 is 10.0 Å². The van der Waals surface area contributed by atoms with Gasteiger partial charge >= 0.3 is 0 Å². The maximum Gasteiger partial charge on any atom is 0.247 e. The molecule has 4 rings (SSSR count). The average molecular weight is 383 g/mol. The Bertz CT molecular complexity index is 1080. The fourth-order valence-corrected chi connectivity index (χ4v) is 5.22. The van der Waals surface area contributed by atoms with Crippen molar-refractivity contribution in [2.45, 2.75) is 17.4 Å². The van der Waals surface area contributed by atoms with Gasteiger partial charge in [-0.2, -0.15) is 9.40 Å². The summed E-state index contributed by atoms with van der Waals surface area (Å²) in [4.78, 5) is 0.191. The van der Waals surface area contributed by atoms with Crippen molar-refractivity contribution in [3.05, 3.63) is 77.6 Å². The number of fused-ring (bicyclic) bond motifs is 1. The normalized spacial score (nSPS) is 17.5. The summed E-state index contributed by atoms with van der Waals surface area (Å²) in [5, 5.41) is 4.27. The largest absolute Gasteiger partial charge is 0.495 e. The van der Waals surface area contributed by atoms with Crippen molar-refractivity contribution in [3.8, 4) is 5.75 Å². The first-order chi connectivity index (χ1) is 13.0. The number of benzene rings is 2. The summed E-state index contributed by atoms with van der Waals surface area (Å²) in [6.45, 7) is 0.705. The van der Waals surface area contributed by atoms with Gasteiger partial charge in [-0.25, -0.2) is 8.42 Å². The number of para-hydroxylation sites is 1. The number of ether oxygens (including phenoxy) is 1. The topological polar surface area (TPSA) is 64.4 Å². The summed E-state index contributed by atoms with van der Waals surface area (Å²) in [5.74, 6) is 0.294. The molecule has 27 heavy (non-hydrogen) atoms. The molecule has 0 radical (unpaired) electrons. The van der Waals surface area contributed by atoms with Crippen LogP contribution in [0.3, 0.4) is 0 Å². The second kappa shape index (κ2) is 6.83. The lowest BCUT2D eigenvalue weighted by molar-refractivity contribution is 0.364. The third-order valence-corrected chi connectivity index (χ3v) is 6.83. The van der Waals surface area contributed by atoms with Crippen LogP contribution in [0.15, 0.2) is 65.8 Å². The molecule has 140 valence electrons. The summed E-state index contributed by atoms with van der Waals surface area (Å²) in [7, 11) is -0.353. The Labute approximate surface area is 159 Å². The maximum atomic E-state index is 13.4. The van der Waals surface area contributed by atoms with Crippen LogP contribution in [0.25, 0.3) is 0 Å². The van der Waals surface area contributed by atoms with E-state index in [1.807, 2.05) is 31.4 Å². The van der Waals surface area contributed by atoms with Gasteiger partial charge in [0.1, 0.15) is 10.6 Å². The smallest absolute Gasteiger partial charge is 0.247 e. The Kier molecular flexibility index (Phi) is 4.49. The van der Waals surface area contributed by atoms with Gasteiger partial charge in [0.15, 0.2) is 0 Å². The maximum absolute atomic E-state index is 13.4. The van der Waals surface area contributed by atoms with E-state index in [0.717, 1.165) is 16.7 Å². The fourth-order valence-electron chi connectivity index (χ4n) is 3.63. The van der Waals surface area contributed by atoms with E-state index in [9.17, 15) is 8.42 Å². The first-order valence-electron chi connectivity index (χ1n) is 8.70. The Balaban J connectivity index is 1.79. The molecule has 6 nitrogen and oxygen atoms in total. The van der Waals surface area contributed by atoms with Crippen LogP contribution in [-0.4, -0.2) is 36.2 Å². The van der Waals surface area contributed by atoms with Gasteiger partial charge in [-0.05, 0) is 28.8 Å². The van der Waals surface area contributed by atoms with Crippen LogP contribution < -0.4 is 4.74 Å². The third kappa shape index (κ3) is 3.13. The van der Waals surface area contributed by atoms with E-state index < -0.39 is 10.0 Å². The third-order valence-electron chi connectivity index (χ3n) is 4.98. The average Bonchev–Trinajstić information content (AvgIpc) is 3.13. The molecule has 1 unspecified atom stereocenters. The van der Waals surface area contributed by atoms with Crippen LogP contribution in [0.4, 0.5) is 0 Å².